The molecule has 1 saturated heterocycles. The van der Waals surface area contributed by atoms with Crippen LogP contribution in [-0.4, -0.2) is 58.7 Å². The second-order valence-corrected chi connectivity index (χ2v) is 9.04. The van der Waals surface area contributed by atoms with Crippen LogP contribution in [0.25, 0.3) is 10.2 Å². The minimum absolute atomic E-state index is 0.180. The number of hydrogen-bond acceptors (Lipinski definition) is 5. The number of piperazine rings is 1. The second kappa shape index (κ2) is 11.0. The summed E-state index contributed by atoms with van der Waals surface area (Å²) in [6.07, 6.45) is -3.72. The van der Waals surface area contributed by atoms with Crippen molar-refractivity contribution >= 4 is 45.0 Å². The number of alkyl halides is 3. The lowest BCUT2D eigenvalue weighted by Crippen LogP contribution is -2.53. The number of amides is 1. The number of nitrogens with zero attached hydrogens (tertiary/aromatic N) is 2. The van der Waals surface area contributed by atoms with E-state index in [9.17, 15) is 18.0 Å². The van der Waals surface area contributed by atoms with Gasteiger partial charge in [-0.15, -0.1) is 11.3 Å². The van der Waals surface area contributed by atoms with Gasteiger partial charge in [-0.05, 0) is 29.7 Å². The highest BCUT2D eigenvalue weighted by molar-refractivity contribution is 7.22. The molecule has 1 aliphatic rings. The Labute approximate surface area is 197 Å². The number of halogens is 4. The van der Waals surface area contributed by atoms with Crippen LogP contribution in [0, 0.1) is 0 Å². The molecule has 0 bridgehead atoms. The Kier molecular flexibility index (Phi) is 8.28. The topological polar surface area (TPSA) is 82.5 Å². The first-order valence-electron chi connectivity index (χ1n) is 10.0. The fourth-order valence-electron chi connectivity index (χ4n) is 3.42. The van der Waals surface area contributed by atoms with E-state index in [-0.39, 0.29) is 5.91 Å². The molecule has 11 heteroatoms. The second-order valence-electron chi connectivity index (χ2n) is 7.43. The molecule has 0 spiro atoms. The Morgan fingerprint density at radius 3 is 2.55 bits per heavy atom. The number of carboxylic acid groups (broad SMARTS) is 1. The van der Waals surface area contributed by atoms with Gasteiger partial charge in [0, 0.05) is 25.7 Å². The number of hydrogen-bond donors (Lipinski definition) is 2. The fraction of sp³-hybridized carbons (Fsp3) is 0.318. The van der Waals surface area contributed by atoms with Crippen LogP contribution in [0.1, 0.15) is 11.1 Å². The predicted molar refractivity (Wildman–Crippen MR) is 121 cm³/mol. The van der Waals surface area contributed by atoms with Crippen LogP contribution in [0.15, 0.2) is 48.5 Å². The van der Waals surface area contributed by atoms with E-state index in [0.717, 1.165) is 41.8 Å². The number of rotatable bonds is 4. The van der Waals surface area contributed by atoms with Gasteiger partial charge in [0.1, 0.15) is 0 Å². The minimum Gasteiger partial charge on any atom is -0.475 e. The third-order valence-electron chi connectivity index (χ3n) is 4.96. The van der Waals surface area contributed by atoms with Crippen LogP contribution < -0.4 is 5.32 Å². The van der Waals surface area contributed by atoms with Gasteiger partial charge in [0.05, 0.1) is 16.6 Å². The number of carbonyl (C=O) groups is 2. The molecule has 4 rings (SSSR count). The summed E-state index contributed by atoms with van der Waals surface area (Å²) in [5.41, 5.74) is 3.20. The van der Waals surface area contributed by atoms with Gasteiger partial charge in [-0.25, -0.2) is 9.78 Å². The Morgan fingerprint density at radius 2 is 1.88 bits per heavy atom. The van der Waals surface area contributed by atoms with Crippen molar-refractivity contribution in [2.75, 3.05) is 19.6 Å². The normalized spacial score (nSPS) is 16.2. The summed E-state index contributed by atoms with van der Waals surface area (Å²) in [7, 11) is 0. The highest BCUT2D eigenvalue weighted by Crippen LogP contribution is 2.26. The van der Waals surface area contributed by atoms with Crippen molar-refractivity contribution in [3.63, 3.8) is 0 Å². The van der Waals surface area contributed by atoms with Crippen molar-refractivity contribution in [3.05, 3.63) is 64.1 Å². The molecular weight excluding hydrogens is 479 g/mol. The number of thiazole rings is 1. The molecule has 2 N–H and O–H groups in total. The van der Waals surface area contributed by atoms with Crippen LogP contribution in [0.5, 0.6) is 0 Å². The molecule has 2 heterocycles. The molecule has 3 aromatic rings. The molecule has 33 heavy (non-hydrogen) atoms. The van der Waals surface area contributed by atoms with Crippen molar-refractivity contribution < 1.29 is 27.9 Å². The van der Waals surface area contributed by atoms with Crippen molar-refractivity contribution in [2.24, 2.45) is 0 Å². The number of nitrogens with one attached hydrogen (secondary N) is 1. The van der Waals surface area contributed by atoms with Crippen LogP contribution in [0.2, 0.25) is 4.47 Å². The Hall–Kier alpha value is -2.69. The maximum absolute atomic E-state index is 12.8. The molecule has 1 atom stereocenters. The maximum atomic E-state index is 12.8. The zero-order valence-corrected chi connectivity index (χ0v) is 18.9. The molecule has 2 aromatic carbocycles. The van der Waals surface area contributed by atoms with Gasteiger partial charge in [-0.3, -0.25) is 4.79 Å². The van der Waals surface area contributed by atoms with Crippen molar-refractivity contribution in [2.45, 2.75) is 25.1 Å². The van der Waals surface area contributed by atoms with Gasteiger partial charge >= 0.3 is 12.1 Å². The maximum Gasteiger partial charge on any atom is 0.490 e. The molecule has 0 aliphatic carbocycles. The van der Waals surface area contributed by atoms with E-state index in [1.54, 1.807) is 0 Å². The van der Waals surface area contributed by atoms with E-state index in [0.29, 0.717) is 16.9 Å². The summed E-state index contributed by atoms with van der Waals surface area (Å²) >= 11 is 7.42. The zero-order chi connectivity index (χ0) is 24.0. The Bertz CT molecular complexity index is 1110. The highest BCUT2D eigenvalue weighted by Gasteiger charge is 2.38. The number of benzene rings is 2. The smallest absolute Gasteiger partial charge is 0.475 e. The van der Waals surface area contributed by atoms with Gasteiger partial charge in [0.2, 0.25) is 5.91 Å². The van der Waals surface area contributed by atoms with E-state index in [4.69, 9.17) is 21.5 Å². The lowest BCUT2D eigenvalue weighted by molar-refractivity contribution is -0.192. The van der Waals surface area contributed by atoms with Gasteiger partial charge in [0.25, 0.3) is 0 Å². The first-order chi connectivity index (χ1) is 15.6. The number of carbonyl (C=O) groups excluding carboxylic acids is 1. The first kappa shape index (κ1) is 24.9. The van der Waals surface area contributed by atoms with E-state index < -0.39 is 12.1 Å². The lowest BCUT2D eigenvalue weighted by atomic mass is 10.0. The first-order valence-corrected chi connectivity index (χ1v) is 11.2. The van der Waals surface area contributed by atoms with Crippen molar-refractivity contribution in [1.82, 2.24) is 15.2 Å². The Balaban J connectivity index is 0.000000383. The number of aromatic nitrogens is 1. The molecule has 1 fully saturated rings. The molecule has 1 aromatic heterocycles. The van der Waals surface area contributed by atoms with Crippen LogP contribution in [-0.2, 0) is 22.4 Å². The van der Waals surface area contributed by atoms with Crippen molar-refractivity contribution in [1.29, 1.82) is 0 Å². The number of aliphatic carboxylic acids is 1. The molecule has 6 nitrogen and oxygen atoms in total. The minimum atomic E-state index is -5.08. The summed E-state index contributed by atoms with van der Waals surface area (Å²) in [4.78, 5) is 27.9. The van der Waals surface area contributed by atoms with E-state index >= 15 is 0 Å². The third kappa shape index (κ3) is 7.41. The summed E-state index contributed by atoms with van der Waals surface area (Å²) in [6, 6.07) is 16.7. The largest absolute Gasteiger partial charge is 0.490 e. The van der Waals surface area contributed by atoms with Gasteiger partial charge in [-0.1, -0.05) is 48.0 Å². The molecule has 1 aliphatic heterocycles. The summed E-state index contributed by atoms with van der Waals surface area (Å²) in [5, 5.41) is 10.7. The highest BCUT2D eigenvalue weighted by atomic mass is 35.5. The quantitative estimate of drug-likeness (QED) is 0.563. The van der Waals surface area contributed by atoms with Gasteiger partial charge in [-0.2, -0.15) is 13.2 Å². The summed E-state index contributed by atoms with van der Waals surface area (Å²) in [6.45, 7) is 2.35. The SMILES string of the molecule is O=C(Cc1ccc2nc(Cl)sc2c1)N1CCNC(Cc2ccccc2)C1.O=C(O)C(F)(F)F. The van der Waals surface area contributed by atoms with Gasteiger partial charge in [0.15, 0.2) is 4.47 Å². The third-order valence-corrected chi connectivity index (χ3v) is 6.08. The number of carboxylic acids is 1. The predicted octanol–water partition coefficient (Wildman–Crippen LogP) is 4.17. The van der Waals surface area contributed by atoms with E-state index in [1.165, 1.54) is 16.9 Å². The van der Waals surface area contributed by atoms with Crippen LogP contribution >= 0.6 is 22.9 Å². The lowest BCUT2D eigenvalue weighted by Gasteiger charge is -2.34. The zero-order valence-electron chi connectivity index (χ0n) is 17.3. The molecule has 1 amide bonds. The van der Waals surface area contributed by atoms with Gasteiger partial charge < -0.3 is 15.3 Å². The summed E-state index contributed by atoms with van der Waals surface area (Å²) < 4.78 is 33.3. The standard InChI is InChI=1S/C20H20ClN3OS.C2HF3O2/c21-20-23-17-7-6-15(11-18(17)26-20)12-19(25)24-9-8-22-16(13-24)10-14-4-2-1-3-5-14;3-2(4,5)1(6)7/h1-7,11,16,22H,8-10,12-13H2;(H,6,7). The molecule has 176 valence electrons. The average Bonchev–Trinajstić information content (AvgIpc) is 3.14. The Morgan fingerprint density at radius 1 is 1.18 bits per heavy atom. The molecule has 0 saturated carbocycles. The van der Waals surface area contributed by atoms with Crippen LogP contribution in [0.3, 0.4) is 0 Å². The molecular formula is C22H21ClF3N3O3S. The fourth-order valence-corrected chi connectivity index (χ4v) is 4.52. The van der Waals surface area contributed by atoms with Crippen molar-refractivity contribution in [3.8, 4) is 0 Å². The molecule has 1 unspecified atom stereocenters. The van der Waals surface area contributed by atoms with E-state index in [2.05, 4.69) is 34.6 Å². The number of fused-ring (bicyclic) bond motifs is 1. The van der Waals surface area contributed by atoms with E-state index in [1.807, 2.05) is 29.2 Å². The van der Waals surface area contributed by atoms with Crippen LogP contribution in [0.4, 0.5) is 13.2 Å². The average molecular weight is 500 g/mol. The monoisotopic (exact) mass is 499 g/mol. The summed E-state index contributed by atoms with van der Waals surface area (Å²) in [5.74, 6) is -2.58. The molecule has 0 radical (unpaired) electrons.